The van der Waals surface area contributed by atoms with Gasteiger partial charge in [0.2, 0.25) is 0 Å². The molecule has 1 aromatic heterocycles. The zero-order chi connectivity index (χ0) is 15.2. The van der Waals surface area contributed by atoms with Crippen LogP contribution in [0.3, 0.4) is 0 Å². The molecular formula is C17H23N3O. The molecule has 4 heteroatoms. The number of hydrogen-bond donors (Lipinski definition) is 2. The van der Waals surface area contributed by atoms with Gasteiger partial charge in [0.05, 0.1) is 18.5 Å². The summed E-state index contributed by atoms with van der Waals surface area (Å²) in [6, 6.07) is 10.3. The highest BCUT2D eigenvalue weighted by Gasteiger charge is 2.03. The normalized spacial score (nSPS) is 10.5. The standard InChI is InChI=1S/C17H23N3O/c1-13-5-4-6-15(14(13)2)11-18-17-8-7-16(12-19-17)20(3)9-10-21/h4-8,12,21H,9-11H2,1-3H3,(H,18,19). The SMILES string of the molecule is Cc1cccc(CNc2ccc(N(C)CCO)cn2)c1C. The number of nitrogens with one attached hydrogen (secondary N) is 1. The highest BCUT2D eigenvalue weighted by Crippen LogP contribution is 2.16. The minimum absolute atomic E-state index is 0.142. The van der Waals surface area contributed by atoms with E-state index in [4.69, 9.17) is 5.11 Å². The van der Waals surface area contributed by atoms with Crippen molar-refractivity contribution in [3.8, 4) is 0 Å². The monoisotopic (exact) mass is 285 g/mol. The quantitative estimate of drug-likeness (QED) is 0.857. The lowest BCUT2D eigenvalue weighted by Crippen LogP contribution is -2.21. The molecule has 0 saturated carbocycles. The van der Waals surface area contributed by atoms with Crippen LogP contribution in [-0.4, -0.2) is 30.3 Å². The van der Waals surface area contributed by atoms with Crippen LogP contribution in [0.1, 0.15) is 16.7 Å². The molecule has 1 aromatic carbocycles. The Labute approximate surface area is 126 Å². The Balaban J connectivity index is 1.99. The minimum Gasteiger partial charge on any atom is -0.395 e. The fraction of sp³-hybridized carbons (Fsp3) is 0.353. The molecule has 0 aliphatic rings. The Bertz CT molecular complexity index is 581. The van der Waals surface area contributed by atoms with Crippen molar-refractivity contribution in [2.75, 3.05) is 30.4 Å². The second-order valence-corrected chi connectivity index (χ2v) is 5.26. The summed E-state index contributed by atoms with van der Waals surface area (Å²) in [6.07, 6.45) is 1.82. The third-order valence-electron chi connectivity index (χ3n) is 3.80. The smallest absolute Gasteiger partial charge is 0.126 e. The van der Waals surface area contributed by atoms with Crippen molar-refractivity contribution in [3.63, 3.8) is 0 Å². The molecule has 0 spiro atoms. The highest BCUT2D eigenvalue weighted by atomic mass is 16.3. The van der Waals surface area contributed by atoms with Crippen molar-refractivity contribution < 1.29 is 5.11 Å². The van der Waals surface area contributed by atoms with Gasteiger partial charge in [0, 0.05) is 20.1 Å². The summed E-state index contributed by atoms with van der Waals surface area (Å²) in [6.45, 7) is 5.79. The van der Waals surface area contributed by atoms with Gasteiger partial charge in [-0.15, -0.1) is 0 Å². The molecule has 2 aromatic rings. The maximum atomic E-state index is 8.94. The Morgan fingerprint density at radius 2 is 2.00 bits per heavy atom. The Morgan fingerprint density at radius 1 is 1.19 bits per heavy atom. The third kappa shape index (κ3) is 3.95. The van der Waals surface area contributed by atoms with E-state index in [2.05, 4.69) is 42.3 Å². The Hall–Kier alpha value is -2.07. The van der Waals surface area contributed by atoms with E-state index >= 15 is 0 Å². The van der Waals surface area contributed by atoms with E-state index in [1.807, 2.05) is 30.3 Å². The highest BCUT2D eigenvalue weighted by molar-refractivity contribution is 5.49. The van der Waals surface area contributed by atoms with Gasteiger partial charge in [0.15, 0.2) is 0 Å². The molecule has 112 valence electrons. The van der Waals surface area contributed by atoms with Crippen molar-refractivity contribution in [2.24, 2.45) is 0 Å². The van der Waals surface area contributed by atoms with Crippen LogP contribution >= 0.6 is 0 Å². The summed E-state index contributed by atoms with van der Waals surface area (Å²) in [5, 5.41) is 12.3. The second-order valence-electron chi connectivity index (χ2n) is 5.26. The molecular weight excluding hydrogens is 262 g/mol. The molecule has 1 heterocycles. The molecule has 0 bridgehead atoms. The predicted molar refractivity (Wildman–Crippen MR) is 87.8 cm³/mol. The van der Waals surface area contributed by atoms with E-state index < -0.39 is 0 Å². The van der Waals surface area contributed by atoms with Crippen molar-refractivity contribution >= 4 is 11.5 Å². The fourth-order valence-corrected chi connectivity index (χ4v) is 2.18. The minimum atomic E-state index is 0.142. The van der Waals surface area contributed by atoms with Gasteiger partial charge < -0.3 is 15.3 Å². The van der Waals surface area contributed by atoms with Crippen LogP contribution in [0, 0.1) is 13.8 Å². The molecule has 0 fully saturated rings. The number of rotatable bonds is 6. The first kappa shape index (κ1) is 15.3. The predicted octanol–water partition coefficient (Wildman–Crippen LogP) is 2.74. The van der Waals surface area contributed by atoms with E-state index in [1.165, 1.54) is 16.7 Å². The zero-order valence-corrected chi connectivity index (χ0v) is 12.9. The average Bonchev–Trinajstić information content (AvgIpc) is 2.49. The van der Waals surface area contributed by atoms with Crippen molar-refractivity contribution in [3.05, 3.63) is 53.2 Å². The molecule has 21 heavy (non-hydrogen) atoms. The van der Waals surface area contributed by atoms with Gasteiger partial charge in [0.25, 0.3) is 0 Å². The lowest BCUT2D eigenvalue weighted by Gasteiger charge is -2.17. The number of aliphatic hydroxyl groups excluding tert-OH is 1. The van der Waals surface area contributed by atoms with E-state index in [-0.39, 0.29) is 6.61 Å². The first-order valence-corrected chi connectivity index (χ1v) is 7.19. The van der Waals surface area contributed by atoms with Gasteiger partial charge in [-0.05, 0) is 42.7 Å². The van der Waals surface area contributed by atoms with Crippen LogP contribution < -0.4 is 10.2 Å². The molecule has 0 aliphatic carbocycles. The number of aryl methyl sites for hydroxylation is 1. The van der Waals surface area contributed by atoms with E-state index in [9.17, 15) is 0 Å². The third-order valence-corrected chi connectivity index (χ3v) is 3.80. The van der Waals surface area contributed by atoms with E-state index in [0.29, 0.717) is 6.54 Å². The number of aliphatic hydroxyl groups is 1. The molecule has 0 saturated heterocycles. The largest absolute Gasteiger partial charge is 0.395 e. The van der Waals surface area contributed by atoms with Gasteiger partial charge in [0.1, 0.15) is 5.82 Å². The van der Waals surface area contributed by atoms with Gasteiger partial charge in [-0.3, -0.25) is 0 Å². The summed E-state index contributed by atoms with van der Waals surface area (Å²) in [5.41, 5.74) is 4.92. The molecule has 0 unspecified atom stereocenters. The van der Waals surface area contributed by atoms with Gasteiger partial charge in [-0.25, -0.2) is 4.98 Å². The van der Waals surface area contributed by atoms with E-state index in [1.54, 1.807) is 0 Å². The Morgan fingerprint density at radius 3 is 2.67 bits per heavy atom. The summed E-state index contributed by atoms with van der Waals surface area (Å²) < 4.78 is 0. The fourth-order valence-electron chi connectivity index (χ4n) is 2.18. The first-order chi connectivity index (χ1) is 10.1. The number of hydrogen-bond acceptors (Lipinski definition) is 4. The van der Waals surface area contributed by atoms with Crippen molar-refractivity contribution in [1.29, 1.82) is 0 Å². The van der Waals surface area contributed by atoms with Crippen molar-refractivity contribution in [2.45, 2.75) is 20.4 Å². The molecule has 4 nitrogen and oxygen atoms in total. The molecule has 0 atom stereocenters. The van der Waals surface area contributed by atoms with Gasteiger partial charge >= 0.3 is 0 Å². The topological polar surface area (TPSA) is 48.4 Å². The second kappa shape index (κ2) is 7.09. The molecule has 0 aliphatic heterocycles. The number of aromatic nitrogens is 1. The summed E-state index contributed by atoms with van der Waals surface area (Å²) in [4.78, 5) is 6.39. The summed E-state index contributed by atoms with van der Waals surface area (Å²) in [5.74, 6) is 0.858. The van der Waals surface area contributed by atoms with Crippen LogP contribution in [-0.2, 0) is 6.54 Å². The van der Waals surface area contributed by atoms with Crippen LogP contribution in [0.5, 0.6) is 0 Å². The molecule has 0 radical (unpaired) electrons. The molecule has 2 rings (SSSR count). The first-order valence-electron chi connectivity index (χ1n) is 7.19. The molecule has 0 amide bonds. The number of nitrogens with zero attached hydrogens (tertiary/aromatic N) is 2. The van der Waals surface area contributed by atoms with Crippen LogP contribution in [0.15, 0.2) is 36.5 Å². The van der Waals surface area contributed by atoms with Crippen LogP contribution in [0.4, 0.5) is 11.5 Å². The van der Waals surface area contributed by atoms with Crippen molar-refractivity contribution in [1.82, 2.24) is 4.98 Å². The average molecular weight is 285 g/mol. The number of pyridine rings is 1. The zero-order valence-electron chi connectivity index (χ0n) is 12.9. The summed E-state index contributed by atoms with van der Waals surface area (Å²) in [7, 11) is 1.94. The van der Waals surface area contributed by atoms with Gasteiger partial charge in [-0.2, -0.15) is 0 Å². The number of likely N-dealkylation sites (N-methyl/N-ethyl adjacent to an activating group) is 1. The van der Waals surface area contributed by atoms with Gasteiger partial charge in [-0.1, -0.05) is 18.2 Å². The number of benzene rings is 1. The van der Waals surface area contributed by atoms with E-state index in [0.717, 1.165) is 18.1 Å². The summed E-state index contributed by atoms with van der Waals surface area (Å²) >= 11 is 0. The lowest BCUT2D eigenvalue weighted by molar-refractivity contribution is 0.304. The maximum absolute atomic E-state index is 8.94. The van der Waals surface area contributed by atoms with Crippen LogP contribution in [0.25, 0.3) is 0 Å². The maximum Gasteiger partial charge on any atom is 0.126 e. The lowest BCUT2D eigenvalue weighted by atomic mass is 10.0. The van der Waals surface area contributed by atoms with Crippen LogP contribution in [0.2, 0.25) is 0 Å². The molecule has 2 N–H and O–H groups in total. The number of anilines is 2. The Kier molecular flexibility index (Phi) is 5.17.